The standard InChI is InChI=1S/C14H10BrF2N3/c1-7-4-12-19-13(14(18)20(12)6-10(7)15)9-3-2-8(16)5-11(9)17/h2-6H,18H2,1H3. The van der Waals surface area contributed by atoms with Gasteiger partial charge in [-0.1, -0.05) is 0 Å². The number of imidazole rings is 1. The highest BCUT2D eigenvalue weighted by atomic mass is 79.9. The molecule has 1 aromatic carbocycles. The van der Waals surface area contributed by atoms with Gasteiger partial charge in [-0.2, -0.15) is 0 Å². The number of hydrogen-bond acceptors (Lipinski definition) is 2. The summed E-state index contributed by atoms with van der Waals surface area (Å²) in [6.45, 7) is 1.92. The van der Waals surface area contributed by atoms with Gasteiger partial charge in [0.2, 0.25) is 0 Å². The first-order chi connectivity index (χ1) is 9.47. The predicted molar refractivity (Wildman–Crippen MR) is 77.4 cm³/mol. The molecule has 20 heavy (non-hydrogen) atoms. The Morgan fingerprint density at radius 2 is 2.00 bits per heavy atom. The number of nitrogens with zero attached hydrogens (tertiary/aromatic N) is 2. The summed E-state index contributed by atoms with van der Waals surface area (Å²) < 4.78 is 29.4. The van der Waals surface area contributed by atoms with Crippen LogP contribution in [0.5, 0.6) is 0 Å². The maximum Gasteiger partial charge on any atom is 0.139 e. The van der Waals surface area contributed by atoms with Crippen LogP contribution in [0.15, 0.2) is 34.9 Å². The van der Waals surface area contributed by atoms with Gasteiger partial charge in [0.1, 0.15) is 28.8 Å². The van der Waals surface area contributed by atoms with E-state index in [0.29, 0.717) is 17.2 Å². The zero-order valence-electron chi connectivity index (χ0n) is 10.5. The van der Waals surface area contributed by atoms with E-state index in [1.54, 1.807) is 10.6 Å². The van der Waals surface area contributed by atoms with E-state index >= 15 is 0 Å². The van der Waals surface area contributed by atoms with Crippen LogP contribution in [0.4, 0.5) is 14.6 Å². The number of pyridine rings is 1. The van der Waals surface area contributed by atoms with Crippen LogP contribution in [0, 0.1) is 18.6 Å². The quantitative estimate of drug-likeness (QED) is 0.731. The number of fused-ring (bicyclic) bond motifs is 1. The van der Waals surface area contributed by atoms with Gasteiger partial charge in [-0.05, 0) is 46.6 Å². The summed E-state index contributed by atoms with van der Waals surface area (Å²) in [5.41, 5.74) is 8.11. The van der Waals surface area contributed by atoms with Crippen molar-refractivity contribution in [3.8, 4) is 11.3 Å². The molecule has 3 nitrogen and oxygen atoms in total. The highest BCUT2D eigenvalue weighted by Crippen LogP contribution is 2.30. The lowest BCUT2D eigenvalue weighted by atomic mass is 10.1. The Morgan fingerprint density at radius 3 is 2.70 bits per heavy atom. The molecule has 0 saturated carbocycles. The molecule has 2 aromatic heterocycles. The second kappa shape index (κ2) is 4.56. The average molecular weight is 338 g/mol. The fourth-order valence-electron chi connectivity index (χ4n) is 2.06. The van der Waals surface area contributed by atoms with E-state index in [2.05, 4.69) is 20.9 Å². The van der Waals surface area contributed by atoms with Crippen molar-refractivity contribution in [1.29, 1.82) is 0 Å². The Morgan fingerprint density at radius 1 is 1.25 bits per heavy atom. The van der Waals surface area contributed by atoms with Gasteiger partial charge in [0.05, 0.1) is 0 Å². The molecule has 0 fully saturated rings. The molecule has 6 heteroatoms. The monoisotopic (exact) mass is 337 g/mol. The predicted octanol–water partition coefficient (Wildman–Crippen LogP) is 3.93. The molecule has 2 heterocycles. The lowest BCUT2D eigenvalue weighted by Crippen LogP contribution is -1.96. The first kappa shape index (κ1) is 13.1. The second-order valence-corrected chi connectivity index (χ2v) is 5.36. The number of hydrogen-bond donors (Lipinski definition) is 1. The number of anilines is 1. The number of nitrogen functional groups attached to an aromatic ring is 1. The number of aromatic nitrogens is 2. The average Bonchev–Trinajstić information content (AvgIpc) is 2.68. The van der Waals surface area contributed by atoms with Crippen molar-refractivity contribution in [2.45, 2.75) is 6.92 Å². The summed E-state index contributed by atoms with van der Waals surface area (Å²) in [5.74, 6) is -1.01. The van der Waals surface area contributed by atoms with E-state index in [1.165, 1.54) is 12.1 Å². The van der Waals surface area contributed by atoms with Crippen molar-refractivity contribution in [2.75, 3.05) is 5.73 Å². The first-order valence-electron chi connectivity index (χ1n) is 5.86. The minimum absolute atomic E-state index is 0.182. The molecule has 0 saturated heterocycles. The van der Waals surface area contributed by atoms with Gasteiger partial charge in [-0.25, -0.2) is 13.8 Å². The Kier molecular flexibility index (Phi) is 2.97. The minimum Gasteiger partial charge on any atom is -0.383 e. The van der Waals surface area contributed by atoms with Gasteiger partial charge in [-0.15, -0.1) is 0 Å². The Labute approximate surface area is 122 Å². The van der Waals surface area contributed by atoms with E-state index in [1.807, 2.05) is 13.0 Å². The van der Waals surface area contributed by atoms with Crippen LogP contribution in [-0.4, -0.2) is 9.38 Å². The van der Waals surface area contributed by atoms with Crippen LogP contribution in [0.2, 0.25) is 0 Å². The third-order valence-electron chi connectivity index (χ3n) is 3.13. The molecule has 102 valence electrons. The fourth-order valence-corrected chi connectivity index (χ4v) is 2.38. The molecule has 3 aromatic rings. The Hall–Kier alpha value is -1.95. The van der Waals surface area contributed by atoms with Gasteiger partial charge in [0.25, 0.3) is 0 Å². The molecule has 3 rings (SSSR count). The lowest BCUT2D eigenvalue weighted by molar-refractivity contribution is 0.585. The Bertz CT molecular complexity index is 827. The van der Waals surface area contributed by atoms with E-state index < -0.39 is 11.6 Å². The smallest absolute Gasteiger partial charge is 0.139 e. The van der Waals surface area contributed by atoms with Crippen LogP contribution in [0.25, 0.3) is 16.9 Å². The molecule has 0 radical (unpaired) electrons. The second-order valence-electron chi connectivity index (χ2n) is 4.50. The van der Waals surface area contributed by atoms with Crippen molar-refractivity contribution in [2.24, 2.45) is 0 Å². The summed E-state index contributed by atoms with van der Waals surface area (Å²) in [6.07, 6.45) is 1.78. The third-order valence-corrected chi connectivity index (χ3v) is 3.96. The van der Waals surface area contributed by atoms with Crippen LogP contribution >= 0.6 is 15.9 Å². The summed E-state index contributed by atoms with van der Waals surface area (Å²) >= 11 is 3.41. The first-order valence-corrected chi connectivity index (χ1v) is 6.66. The van der Waals surface area contributed by atoms with Gasteiger partial charge in [0.15, 0.2) is 0 Å². The molecule has 0 aliphatic heterocycles. The van der Waals surface area contributed by atoms with E-state index in [4.69, 9.17) is 5.73 Å². The maximum atomic E-state index is 13.8. The lowest BCUT2D eigenvalue weighted by Gasteiger charge is -2.02. The van der Waals surface area contributed by atoms with Gasteiger partial charge in [-0.3, -0.25) is 4.40 Å². The largest absolute Gasteiger partial charge is 0.383 e. The van der Waals surface area contributed by atoms with E-state index in [0.717, 1.165) is 16.1 Å². The van der Waals surface area contributed by atoms with Gasteiger partial charge in [0, 0.05) is 22.3 Å². The molecule has 0 unspecified atom stereocenters. The van der Waals surface area contributed by atoms with Crippen molar-refractivity contribution in [3.63, 3.8) is 0 Å². The van der Waals surface area contributed by atoms with Crippen molar-refractivity contribution < 1.29 is 8.78 Å². The molecular weight excluding hydrogens is 328 g/mol. The molecule has 0 atom stereocenters. The zero-order valence-corrected chi connectivity index (χ0v) is 12.1. The van der Waals surface area contributed by atoms with Crippen molar-refractivity contribution in [3.05, 3.63) is 52.1 Å². The highest BCUT2D eigenvalue weighted by molar-refractivity contribution is 9.10. The van der Waals surface area contributed by atoms with Crippen LogP contribution < -0.4 is 5.73 Å². The molecule has 0 amide bonds. The zero-order chi connectivity index (χ0) is 14.4. The molecule has 2 N–H and O–H groups in total. The maximum absolute atomic E-state index is 13.8. The molecule has 0 spiro atoms. The molecule has 0 aliphatic rings. The SMILES string of the molecule is Cc1cc2nc(-c3ccc(F)cc3F)c(N)n2cc1Br. The van der Waals surface area contributed by atoms with Crippen molar-refractivity contribution >= 4 is 27.4 Å². The minimum atomic E-state index is -0.684. The van der Waals surface area contributed by atoms with Gasteiger partial charge < -0.3 is 5.73 Å². The number of nitrogens with two attached hydrogens (primary N) is 1. The summed E-state index contributed by atoms with van der Waals surface area (Å²) in [7, 11) is 0. The number of aryl methyl sites for hydroxylation is 1. The van der Waals surface area contributed by atoms with E-state index in [9.17, 15) is 8.78 Å². The van der Waals surface area contributed by atoms with Crippen LogP contribution in [0.3, 0.4) is 0 Å². The summed E-state index contributed by atoms with van der Waals surface area (Å²) in [4.78, 5) is 4.33. The van der Waals surface area contributed by atoms with Crippen LogP contribution in [-0.2, 0) is 0 Å². The topological polar surface area (TPSA) is 43.3 Å². The fraction of sp³-hybridized carbons (Fsp3) is 0.0714. The molecule has 0 bridgehead atoms. The normalized spacial score (nSPS) is 11.2. The van der Waals surface area contributed by atoms with Crippen LogP contribution in [0.1, 0.15) is 5.56 Å². The summed E-state index contributed by atoms with van der Waals surface area (Å²) in [5, 5.41) is 0. The third kappa shape index (κ3) is 1.96. The molecule has 0 aliphatic carbocycles. The Balaban J connectivity index is 2.29. The summed E-state index contributed by atoms with van der Waals surface area (Å²) in [6, 6.07) is 5.18. The van der Waals surface area contributed by atoms with Crippen molar-refractivity contribution in [1.82, 2.24) is 9.38 Å². The number of halogens is 3. The number of rotatable bonds is 1. The molecular formula is C14H10BrF2N3. The van der Waals surface area contributed by atoms with E-state index in [-0.39, 0.29) is 5.56 Å². The highest BCUT2D eigenvalue weighted by Gasteiger charge is 2.16. The number of benzene rings is 1. The van der Waals surface area contributed by atoms with Gasteiger partial charge >= 0.3 is 0 Å².